The van der Waals surface area contributed by atoms with E-state index < -0.39 is 35.1 Å². The van der Waals surface area contributed by atoms with Crippen molar-refractivity contribution in [3.8, 4) is 0 Å². The molecule has 5 nitrogen and oxygen atoms in total. The van der Waals surface area contributed by atoms with Crippen LogP contribution in [0.2, 0.25) is 0 Å². The molecule has 0 radical (unpaired) electrons. The Bertz CT molecular complexity index is 612. The van der Waals surface area contributed by atoms with E-state index in [2.05, 4.69) is 6.58 Å². The number of rotatable bonds is 3. The van der Waals surface area contributed by atoms with Crippen LogP contribution in [-0.4, -0.2) is 39.3 Å². The second kappa shape index (κ2) is 6.69. The van der Waals surface area contributed by atoms with E-state index in [-0.39, 0.29) is 24.5 Å². The number of Topliss-reactive ketones (excluding diaryl/α,β-unsaturated/α-hetero) is 1. The van der Waals surface area contributed by atoms with Crippen molar-refractivity contribution >= 4 is 11.8 Å². The molecule has 0 heterocycles. The molecule has 5 heteroatoms. The predicted molar refractivity (Wildman–Crippen MR) is 94.7 cm³/mol. The molecule has 0 amide bonds. The van der Waals surface area contributed by atoms with E-state index in [1.807, 2.05) is 13.8 Å². The third-order valence-corrected chi connectivity index (χ3v) is 5.80. The number of ketones is 1. The quantitative estimate of drug-likeness (QED) is 0.464. The largest absolute Gasteiger partial charge is 0.456 e. The summed E-state index contributed by atoms with van der Waals surface area (Å²) < 4.78 is 5.53. The molecule has 0 aromatic carbocycles. The van der Waals surface area contributed by atoms with Crippen LogP contribution in [0.5, 0.6) is 0 Å². The van der Waals surface area contributed by atoms with E-state index in [0.29, 0.717) is 12.0 Å². The number of carbonyl (C=O) groups excluding carboxylic acids is 2. The van der Waals surface area contributed by atoms with E-state index in [9.17, 15) is 19.8 Å². The van der Waals surface area contributed by atoms with Gasteiger partial charge >= 0.3 is 5.97 Å². The van der Waals surface area contributed by atoms with E-state index in [4.69, 9.17) is 4.74 Å². The summed E-state index contributed by atoms with van der Waals surface area (Å²) in [6.45, 7) is 12.8. The fourth-order valence-electron chi connectivity index (χ4n) is 4.20. The molecule has 0 saturated heterocycles. The lowest BCUT2D eigenvalue weighted by Crippen LogP contribution is -2.61. The Kier molecular flexibility index (Phi) is 5.31. The summed E-state index contributed by atoms with van der Waals surface area (Å²) >= 11 is 0. The molecular weight excluding hydrogens is 320 g/mol. The molecule has 0 bridgehead atoms. The number of aliphatic hydroxyl groups is 2. The summed E-state index contributed by atoms with van der Waals surface area (Å²) in [5.41, 5.74) is -1.97. The van der Waals surface area contributed by atoms with Crippen molar-refractivity contribution in [3.05, 3.63) is 23.8 Å². The van der Waals surface area contributed by atoms with Crippen molar-refractivity contribution in [1.29, 1.82) is 0 Å². The fraction of sp³-hybridized carbons (Fsp3) is 0.700. The fourth-order valence-corrected chi connectivity index (χ4v) is 4.20. The van der Waals surface area contributed by atoms with Gasteiger partial charge in [0.1, 0.15) is 23.1 Å². The van der Waals surface area contributed by atoms with E-state index in [0.717, 1.165) is 5.57 Å². The first kappa shape index (κ1) is 19.9. The van der Waals surface area contributed by atoms with Gasteiger partial charge in [-0.1, -0.05) is 31.6 Å². The summed E-state index contributed by atoms with van der Waals surface area (Å²) in [5, 5.41) is 22.5. The summed E-state index contributed by atoms with van der Waals surface area (Å²) in [4.78, 5) is 25.2. The molecule has 2 saturated carbocycles. The van der Waals surface area contributed by atoms with Gasteiger partial charge in [0.25, 0.3) is 0 Å². The Labute approximate surface area is 149 Å². The Balaban J connectivity index is 2.49. The Morgan fingerprint density at radius 2 is 1.96 bits per heavy atom. The molecule has 140 valence electrons. The lowest BCUT2D eigenvalue weighted by atomic mass is 9.73. The summed E-state index contributed by atoms with van der Waals surface area (Å²) in [5.74, 6) is -1.91. The smallest absolute Gasteiger partial charge is 0.331 e. The van der Waals surface area contributed by atoms with Crippen molar-refractivity contribution in [1.82, 2.24) is 0 Å². The minimum Gasteiger partial charge on any atom is -0.456 e. The summed E-state index contributed by atoms with van der Waals surface area (Å²) in [7, 11) is 0. The average Bonchev–Trinajstić information content (AvgIpc) is 2.75. The van der Waals surface area contributed by atoms with Crippen LogP contribution in [-0.2, 0) is 14.3 Å². The van der Waals surface area contributed by atoms with Crippen molar-refractivity contribution in [2.45, 2.75) is 71.2 Å². The lowest BCUT2D eigenvalue weighted by Gasteiger charge is -2.43. The first-order valence-electron chi connectivity index (χ1n) is 8.93. The minimum atomic E-state index is -1.73. The first-order valence-corrected chi connectivity index (χ1v) is 8.93. The first-order chi connectivity index (χ1) is 11.4. The standard InChI is InChI=1S/C20H30O5/c1-11(2)9-16(21)25-15-10-14(12(3)4)18(22)17-13(5)7-8-20(17,24)19(15,6)23/h9,12,14-15,17,23-24H,5,7-8,10H2,1-4,6H3/t14-,15-,17-,19+,20-/m1/s1. The molecule has 0 aromatic rings. The maximum Gasteiger partial charge on any atom is 0.331 e. The highest BCUT2D eigenvalue weighted by Crippen LogP contribution is 2.52. The molecule has 0 spiro atoms. The normalized spacial score (nSPS) is 38.3. The van der Waals surface area contributed by atoms with Crippen LogP contribution in [0.15, 0.2) is 23.8 Å². The number of allylic oxidation sites excluding steroid dienone is 1. The SMILES string of the molecule is C=C1CC[C@@]2(O)[C@H]1C(=O)[C@@H](C(C)C)C[C@@H](OC(=O)C=C(C)C)[C@]2(C)O. The zero-order chi connectivity index (χ0) is 19.2. The zero-order valence-corrected chi connectivity index (χ0v) is 15.8. The van der Waals surface area contributed by atoms with Crippen LogP contribution in [0, 0.1) is 17.8 Å². The van der Waals surface area contributed by atoms with Crippen LogP contribution in [0.3, 0.4) is 0 Å². The zero-order valence-electron chi connectivity index (χ0n) is 15.8. The molecule has 25 heavy (non-hydrogen) atoms. The number of hydrogen-bond donors (Lipinski definition) is 2. The molecule has 5 atom stereocenters. The maximum absolute atomic E-state index is 13.1. The van der Waals surface area contributed by atoms with E-state index >= 15 is 0 Å². The molecule has 2 rings (SSSR count). The van der Waals surface area contributed by atoms with Crippen molar-refractivity contribution in [3.63, 3.8) is 0 Å². The Morgan fingerprint density at radius 3 is 2.48 bits per heavy atom. The molecule has 0 unspecified atom stereocenters. The molecule has 0 aromatic heterocycles. The van der Waals surface area contributed by atoms with Gasteiger partial charge in [0.2, 0.25) is 0 Å². The maximum atomic E-state index is 13.1. The molecule has 2 N–H and O–H groups in total. The Morgan fingerprint density at radius 1 is 1.36 bits per heavy atom. The van der Waals surface area contributed by atoms with Crippen LogP contribution >= 0.6 is 0 Å². The van der Waals surface area contributed by atoms with Crippen molar-refractivity contribution in [2.24, 2.45) is 17.8 Å². The van der Waals surface area contributed by atoms with Gasteiger partial charge in [-0.05, 0) is 46.0 Å². The minimum absolute atomic E-state index is 0.00343. The van der Waals surface area contributed by atoms with Gasteiger partial charge in [0.15, 0.2) is 0 Å². The number of hydrogen-bond acceptors (Lipinski definition) is 5. The number of carbonyl (C=O) groups is 2. The van der Waals surface area contributed by atoms with Gasteiger partial charge in [0, 0.05) is 12.0 Å². The monoisotopic (exact) mass is 350 g/mol. The molecule has 0 aliphatic heterocycles. The third-order valence-electron chi connectivity index (χ3n) is 5.80. The van der Waals surface area contributed by atoms with Gasteiger partial charge in [-0.15, -0.1) is 0 Å². The number of fused-ring (bicyclic) bond motifs is 1. The predicted octanol–water partition coefficient (Wildman–Crippen LogP) is 2.56. The van der Waals surface area contributed by atoms with Crippen LogP contribution < -0.4 is 0 Å². The second-order valence-electron chi connectivity index (χ2n) is 8.30. The van der Waals surface area contributed by atoms with Gasteiger partial charge < -0.3 is 14.9 Å². The van der Waals surface area contributed by atoms with Gasteiger partial charge in [-0.3, -0.25) is 4.79 Å². The lowest BCUT2D eigenvalue weighted by molar-refractivity contribution is -0.210. The topological polar surface area (TPSA) is 83.8 Å². The van der Waals surface area contributed by atoms with Crippen LogP contribution in [0.4, 0.5) is 0 Å². The highest BCUT2D eigenvalue weighted by molar-refractivity contribution is 5.89. The van der Waals surface area contributed by atoms with Crippen LogP contribution in [0.1, 0.15) is 53.9 Å². The summed E-state index contributed by atoms with van der Waals surface area (Å²) in [6, 6.07) is 0. The van der Waals surface area contributed by atoms with Gasteiger partial charge in [-0.2, -0.15) is 0 Å². The van der Waals surface area contributed by atoms with E-state index in [1.165, 1.54) is 13.0 Å². The Hall–Kier alpha value is -1.46. The van der Waals surface area contributed by atoms with Crippen molar-refractivity contribution in [2.75, 3.05) is 0 Å². The highest BCUT2D eigenvalue weighted by atomic mass is 16.6. The molecule has 2 aliphatic carbocycles. The number of ether oxygens (including phenoxy) is 1. The molecular formula is C20H30O5. The van der Waals surface area contributed by atoms with Crippen LogP contribution in [0.25, 0.3) is 0 Å². The third kappa shape index (κ3) is 3.32. The van der Waals surface area contributed by atoms with Gasteiger partial charge in [-0.25, -0.2) is 4.79 Å². The van der Waals surface area contributed by atoms with E-state index in [1.54, 1.807) is 13.8 Å². The van der Waals surface area contributed by atoms with Gasteiger partial charge in [0.05, 0.1) is 5.92 Å². The average molecular weight is 350 g/mol. The van der Waals surface area contributed by atoms with Crippen molar-refractivity contribution < 1.29 is 24.5 Å². The highest BCUT2D eigenvalue weighted by Gasteiger charge is 2.64. The second-order valence-corrected chi connectivity index (χ2v) is 8.30. The summed E-state index contributed by atoms with van der Waals surface area (Å²) in [6.07, 6.45) is 1.28. The number of esters is 1. The molecule has 2 fully saturated rings. The molecule has 2 aliphatic rings.